The Labute approximate surface area is 117 Å². The van der Waals surface area contributed by atoms with Crippen LogP contribution in [-0.2, 0) is 4.79 Å². The molecule has 5 heteroatoms. The van der Waals surface area contributed by atoms with Crippen LogP contribution in [-0.4, -0.2) is 29.1 Å². The maximum absolute atomic E-state index is 13.8. The molecule has 0 spiro atoms. The Morgan fingerprint density at radius 3 is 2.70 bits per heavy atom. The summed E-state index contributed by atoms with van der Waals surface area (Å²) in [6, 6.07) is 3.27. The molecule has 1 aliphatic rings. The summed E-state index contributed by atoms with van der Waals surface area (Å²) in [7, 11) is 0. The zero-order valence-corrected chi connectivity index (χ0v) is 11.7. The maximum Gasteiger partial charge on any atom is 0.310 e. The first-order chi connectivity index (χ1) is 9.39. The SMILES string of the molecule is CCC1(C(=O)O)CCN(C(C)c2ccc(F)cc2F)C1. The lowest BCUT2D eigenvalue weighted by atomic mass is 9.84. The average Bonchev–Trinajstić information content (AvgIpc) is 2.83. The molecule has 0 radical (unpaired) electrons. The zero-order chi connectivity index (χ0) is 14.9. The van der Waals surface area contributed by atoms with E-state index in [1.807, 2.05) is 18.7 Å². The predicted octanol–water partition coefficient (Wildman–Crippen LogP) is 3.21. The first-order valence-electron chi connectivity index (χ1n) is 6.82. The topological polar surface area (TPSA) is 40.5 Å². The third-order valence-corrected chi connectivity index (χ3v) is 4.47. The van der Waals surface area contributed by atoms with E-state index in [-0.39, 0.29) is 6.04 Å². The third-order valence-electron chi connectivity index (χ3n) is 4.47. The lowest BCUT2D eigenvalue weighted by molar-refractivity contribution is -0.148. The summed E-state index contributed by atoms with van der Waals surface area (Å²) in [6.07, 6.45) is 1.11. The molecule has 2 unspecified atom stereocenters. The van der Waals surface area contributed by atoms with Gasteiger partial charge in [0.15, 0.2) is 0 Å². The molecule has 2 atom stereocenters. The molecular formula is C15H19F2NO2. The van der Waals surface area contributed by atoms with Crippen molar-refractivity contribution in [3.05, 3.63) is 35.4 Å². The molecule has 1 aliphatic heterocycles. The fourth-order valence-corrected chi connectivity index (χ4v) is 2.89. The number of hydrogen-bond donors (Lipinski definition) is 1. The summed E-state index contributed by atoms with van der Waals surface area (Å²) in [5.74, 6) is -1.98. The molecule has 2 rings (SSSR count). The molecule has 0 aliphatic carbocycles. The predicted molar refractivity (Wildman–Crippen MR) is 71.3 cm³/mol. The van der Waals surface area contributed by atoms with E-state index < -0.39 is 23.0 Å². The summed E-state index contributed by atoms with van der Waals surface area (Å²) in [5.41, 5.74) is -0.339. The maximum atomic E-state index is 13.8. The van der Waals surface area contributed by atoms with Crippen molar-refractivity contribution in [1.29, 1.82) is 0 Å². The van der Waals surface area contributed by atoms with Crippen LogP contribution in [0.3, 0.4) is 0 Å². The molecule has 1 aromatic rings. The van der Waals surface area contributed by atoms with Crippen molar-refractivity contribution in [3.63, 3.8) is 0 Å². The minimum atomic E-state index is -0.797. The normalized spacial score (nSPS) is 24.8. The van der Waals surface area contributed by atoms with E-state index in [2.05, 4.69) is 0 Å². The Bertz CT molecular complexity index is 521. The number of carboxylic acid groups (broad SMARTS) is 1. The summed E-state index contributed by atoms with van der Waals surface area (Å²) in [5, 5.41) is 9.37. The number of carbonyl (C=O) groups is 1. The molecule has 1 saturated heterocycles. The Morgan fingerprint density at radius 2 is 2.20 bits per heavy atom. The van der Waals surface area contributed by atoms with E-state index in [0.29, 0.717) is 31.5 Å². The van der Waals surface area contributed by atoms with E-state index in [1.165, 1.54) is 12.1 Å². The van der Waals surface area contributed by atoms with Crippen LogP contribution in [0.1, 0.15) is 38.3 Å². The minimum absolute atomic E-state index is 0.261. The molecule has 0 aromatic heterocycles. The molecule has 1 N–H and O–H groups in total. The van der Waals surface area contributed by atoms with Gasteiger partial charge in [-0.25, -0.2) is 8.78 Å². The van der Waals surface area contributed by atoms with Crippen molar-refractivity contribution >= 4 is 5.97 Å². The molecule has 1 fully saturated rings. The lowest BCUT2D eigenvalue weighted by Gasteiger charge is -2.27. The van der Waals surface area contributed by atoms with E-state index in [1.54, 1.807) is 0 Å². The highest BCUT2D eigenvalue weighted by molar-refractivity contribution is 5.75. The molecular weight excluding hydrogens is 264 g/mol. The zero-order valence-electron chi connectivity index (χ0n) is 11.7. The smallest absolute Gasteiger partial charge is 0.310 e. The van der Waals surface area contributed by atoms with E-state index in [4.69, 9.17) is 0 Å². The first-order valence-corrected chi connectivity index (χ1v) is 6.82. The van der Waals surface area contributed by atoms with Gasteiger partial charge in [0.05, 0.1) is 5.41 Å². The summed E-state index contributed by atoms with van der Waals surface area (Å²) in [4.78, 5) is 13.4. The van der Waals surface area contributed by atoms with Gasteiger partial charge < -0.3 is 5.11 Å². The van der Waals surface area contributed by atoms with Crippen LogP contribution in [0.4, 0.5) is 8.78 Å². The van der Waals surface area contributed by atoms with Crippen LogP contribution in [0, 0.1) is 17.0 Å². The number of benzene rings is 1. The average molecular weight is 283 g/mol. The third kappa shape index (κ3) is 2.54. The van der Waals surface area contributed by atoms with Gasteiger partial charge in [0, 0.05) is 24.2 Å². The Balaban J connectivity index is 2.19. The Hall–Kier alpha value is -1.49. The Kier molecular flexibility index (Phi) is 4.09. The van der Waals surface area contributed by atoms with E-state index in [9.17, 15) is 18.7 Å². The number of carboxylic acids is 1. The highest BCUT2D eigenvalue weighted by atomic mass is 19.1. The molecule has 1 heterocycles. The van der Waals surface area contributed by atoms with Crippen LogP contribution in [0.15, 0.2) is 18.2 Å². The van der Waals surface area contributed by atoms with Gasteiger partial charge in [-0.1, -0.05) is 13.0 Å². The van der Waals surface area contributed by atoms with Crippen molar-refractivity contribution in [2.24, 2.45) is 5.41 Å². The molecule has 0 amide bonds. The van der Waals surface area contributed by atoms with Gasteiger partial charge in [-0.05, 0) is 32.4 Å². The number of halogens is 2. The van der Waals surface area contributed by atoms with Gasteiger partial charge in [-0.15, -0.1) is 0 Å². The highest BCUT2D eigenvalue weighted by Crippen LogP contribution is 2.38. The standard InChI is InChI=1S/C15H19F2NO2/c1-3-15(14(19)20)6-7-18(9-15)10(2)12-5-4-11(16)8-13(12)17/h4-5,8,10H,3,6-7,9H2,1-2H3,(H,19,20). The Morgan fingerprint density at radius 1 is 1.50 bits per heavy atom. The molecule has 0 bridgehead atoms. The molecule has 0 saturated carbocycles. The quantitative estimate of drug-likeness (QED) is 0.922. The van der Waals surface area contributed by atoms with Gasteiger partial charge in [-0.3, -0.25) is 9.69 Å². The largest absolute Gasteiger partial charge is 0.481 e. The van der Waals surface area contributed by atoms with Crippen molar-refractivity contribution in [3.8, 4) is 0 Å². The van der Waals surface area contributed by atoms with E-state index in [0.717, 1.165) is 6.07 Å². The molecule has 110 valence electrons. The summed E-state index contributed by atoms with van der Waals surface area (Å²) in [6.45, 7) is 4.69. The summed E-state index contributed by atoms with van der Waals surface area (Å²) >= 11 is 0. The second-order valence-electron chi connectivity index (χ2n) is 5.50. The monoisotopic (exact) mass is 283 g/mol. The molecule has 20 heavy (non-hydrogen) atoms. The highest BCUT2D eigenvalue weighted by Gasteiger charge is 2.44. The van der Waals surface area contributed by atoms with Crippen molar-refractivity contribution in [1.82, 2.24) is 4.90 Å². The minimum Gasteiger partial charge on any atom is -0.481 e. The number of hydrogen-bond acceptors (Lipinski definition) is 2. The van der Waals surface area contributed by atoms with Crippen LogP contribution in [0.2, 0.25) is 0 Å². The van der Waals surface area contributed by atoms with Crippen LogP contribution < -0.4 is 0 Å². The van der Waals surface area contributed by atoms with Gasteiger partial charge in [0.2, 0.25) is 0 Å². The van der Waals surface area contributed by atoms with Gasteiger partial charge in [-0.2, -0.15) is 0 Å². The lowest BCUT2D eigenvalue weighted by Crippen LogP contribution is -2.35. The van der Waals surface area contributed by atoms with Gasteiger partial charge in [0.1, 0.15) is 11.6 Å². The summed E-state index contributed by atoms with van der Waals surface area (Å²) < 4.78 is 26.7. The van der Waals surface area contributed by atoms with Crippen LogP contribution in [0.5, 0.6) is 0 Å². The molecule has 1 aromatic carbocycles. The van der Waals surface area contributed by atoms with Crippen molar-refractivity contribution < 1.29 is 18.7 Å². The fourth-order valence-electron chi connectivity index (χ4n) is 2.89. The van der Waals surface area contributed by atoms with Crippen LogP contribution in [0.25, 0.3) is 0 Å². The van der Waals surface area contributed by atoms with Gasteiger partial charge >= 0.3 is 5.97 Å². The van der Waals surface area contributed by atoms with Crippen LogP contribution >= 0.6 is 0 Å². The molecule has 3 nitrogen and oxygen atoms in total. The van der Waals surface area contributed by atoms with Crippen molar-refractivity contribution in [2.75, 3.05) is 13.1 Å². The number of likely N-dealkylation sites (tertiary alicyclic amines) is 1. The van der Waals surface area contributed by atoms with Gasteiger partial charge in [0.25, 0.3) is 0 Å². The number of rotatable bonds is 4. The number of nitrogens with zero attached hydrogens (tertiary/aromatic N) is 1. The van der Waals surface area contributed by atoms with Crippen molar-refractivity contribution in [2.45, 2.75) is 32.7 Å². The van der Waals surface area contributed by atoms with E-state index >= 15 is 0 Å². The second-order valence-corrected chi connectivity index (χ2v) is 5.50. The fraction of sp³-hybridized carbons (Fsp3) is 0.533. The second kappa shape index (κ2) is 5.48. The first kappa shape index (κ1) is 14.9. The number of aliphatic carboxylic acids is 1.